The topological polar surface area (TPSA) is 67.9 Å². The molecule has 0 spiro atoms. The van der Waals surface area contributed by atoms with E-state index in [0.29, 0.717) is 22.2 Å². The Balaban J connectivity index is 1.77. The SMILES string of the molecule is CNC(=O)[C@@H]1CN(C(=O)COc2ccc(Cl)cc2C)c2ccccc2O1. The van der Waals surface area contributed by atoms with Crippen LogP contribution in [0.3, 0.4) is 0 Å². The number of carbonyl (C=O) groups excluding carboxylic acids is 2. The fraction of sp³-hybridized carbons (Fsp3) is 0.263. The first-order chi connectivity index (χ1) is 12.5. The zero-order valence-electron chi connectivity index (χ0n) is 14.5. The van der Waals surface area contributed by atoms with Crippen molar-refractivity contribution in [2.45, 2.75) is 13.0 Å². The molecule has 2 aromatic carbocycles. The molecule has 0 aromatic heterocycles. The number of rotatable bonds is 4. The van der Waals surface area contributed by atoms with E-state index >= 15 is 0 Å². The molecule has 0 aliphatic carbocycles. The average Bonchev–Trinajstić information content (AvgIpc) is 2.65. The number of hydrogen-bond donors (Lipinski definition) is 1. The molecule has 2 amide bonds. The van der Waals surface area contributed by atoms with Crippen LogP contribution in [-0.2, 0) is 9.59 Å². The van der Waals surface area contributed by atoms with Gasteiger partial charge in [-0.05, 0) is 42.8 Å². The summed E-state index contributed by atoms with van der Waals surface area (Å²) in [5.74, 6) is 0.534. The number of para-hydroxylation sites is 2. The second kappa shape index (κ2) is 7.66. The number of halogens is 1. The van der Waals surface area contributed by atoms with Crippen LogP contribution in [0.4, 0.5) is 5.69 Å². The van der Waals surface area contributed by atoms with Gasteiger partial charge in [-0.2, -0.15) is 0 Å². The van der Waals surface area contributed by atoms with Gasteiger partial charge in [0.05, 0.1) is 12.2 Å². The summed E-state index contributed by atoms with van der Waals surface area (Å²) < 4.78 is 11.4. The van der Waals surface area contributed by atoms with Crippen LogP contribution >= 0.6 is 11.6 Å². The molecule has 1 aliphatic rings. The lowest BCUT2D eigenvalue weighted by Crippen LogP contribution is -2.51. The molecule has 1 atom stereocenters. The number of nitrogens with one attached hydrogen (secondary N) is 1. The van der Waals surface area contributed by atoms with Crippen molar-refractivity contribution in [1.29, 1.82) is 0 Å². The molecule has 3 rings (SSSR count). The molecule has 136 valence electrons. The summed E-state index contributed by atoms with van der Waals surface area (Å²) in [6, 6.07) is 12.3. The Morgan fingerprint density at radius 1 is 1.31 bits per heavy atom. The molecule has 0 unspecified atom stereocenters. The van der Waals surface area contributed by atoms with E-state index in [2.05, 4.69) is 5.32 Å². The van der Waals surface area contributed by atoms with Gasteiger partial charge in [-0.1, -0.05) is 23.7 Å². The Morgan fingerprint density at radius 3 is 2.81 bits per heavy atom. The quantitative estimate of drug-likeness (QED) is 0.893. The van der Waals surface area contributed by atoms with Gasteiger partial charge >= 0.3 is 0 Å². The summed E-state index contributed by atoms with van der Waals surface area (Å²) >= 11 is 5.93. The highest BCUT2D eigenvalue weighted by Crippen LogP contribution is 2.33. The van der Waals surface area contributed by atoms with Crippen molar-refractivity contribution in [2.24, 2.45) is 0 Å². The first-order valence-corrected chi connectivity index (χ1v) is 8.54. The smallest absolute Gasteiger partial charge is 0.265 e. The molecule has 6 nitrogen and oxygen atoms in total. The van der Waals surface area contributed by atoms with E-state index < -0.39 is 6.10 Å². The van der Waals surface area contributed by atoms with Crippen LogP contribution in [0, 0.1) is 6.92 Å². The van der Waals surface area contributed by atoms with Gasteiger partial charge in [-0.15, -0.1) is 0 Å². The van der Waals surface area contributed by atoms with E-state index in [4.69, 9.17) is 21.1 Å². The minimum Gasteiger partial charge on any atom is -0.483 e. The number of ether oxygens (including phenoxy) is 2. The van der Waals surface area contributed by atoms with Crippen LogP contribution in [0.2, 0.25) is 5.02 Å². The van der Waals surface area contributed by atoms with E-state index in [1.807, 2.05) is 13.0 Å². The third kappa shape index (κ3) is 3.75. The minimum absolute atomic E-state index is 0.123. The van der Waals surface area contributed by atoms with Crippen molar-refractivity contribution < 1.29 is 19.1 Å². The van der Waals surface area contributed by atoms with Crippen LogP contribution < -0.4 is 19.7 Å². The van der Waals surface area contributed by atoms with Gasteiger partial charge in [0.2, 0.25) is 0 Å². The van der Waals surface area contributed by atoms with Crippen LogP contribution in [0.25, 0.3) is 0 Å². The lowest BCUT2D eigenvalue weighted by Gasteiger charge is -2.33. The Bertz CT molecular complexity index is 840. The van der Waals surface area contributed by atoms with Gasteiger partial charge in [0.1, 0.15) is 11.5 Å². The number of hydrogen-bond acceptors (Lipinski definition) is 4. The third-order valence-corrected chi connectivity index (χ3v) is 4.34. The molecule has 1 heterocycles. The van der Waals surface area contributed by atoms with Crippen molar-refractivity contribution in [2.75, 3.05) is 25.1 Å². The molecule has 0 fully saturated rings. The van der Waals surface area contributed by atoms with Gasteiger partial charge in [-0.25, -0.2) is 0 Å². The zero-order chi connectivity index (χ0) is 18.7. The Kier molecular flexibility index (Phi) is 5.32. The number of fused-ring (bicyclic) bond motifs is 1. The van der Waals surface area contributed by atoms with E-state index in [-0.39, 0.29) is 25.0 Å². The van der Waals surface area contributed by atoms with Crippen LogP contribution in [-0.4, -0.2) is 38.1 Å². The number of nitrogens with zero attached hydrogens (tertiary/aromatic N) is 1. The minimum atomic E-state index is -0.767. The second-order valence-electron chi connectivity index (χ2n) is 5.89. The maximum atomic E-state index is 12.8. The van der Waals surface area contributed by atoms with Gasteiger partial charge < -0.3 is 19.7 Å². The number of amides is 2. The highest BCUT2D eigenvalue weighted by atomic mass is 35.5. The molecule has 0 radical (unpaired) electrons. The second-order valence-corrected chi connectivity index (χ2v) is 6.33. The number of likely N-dealkylation sites (N-methyl/N-ethyl adjacent to an activating group) is 1. The number of anilines is 1. The average molecular weight is 375 g/mol. The highest BCUT2D eigenvalue weighted by molar-refractivity contribution is 6.30. The number of benzene rings is 2. The van der Waals surface area contributed by atoms with Gasteiger partial charge in [-0.3, -0.25) is 9.59 Å². The van der Waals surface area contributed by atoms with Crippen molar-refractivity contribution in [1.82, 2.24) is 5.32 Å². The molecular formula is C19H19ClN2O4. The Hall–Kier alpha value is -2.73. The lowest BCUT2D eigenvalue weighted by molar-refractivity contribution is -0.128. The standard InChI is InChI=1S/C19H19ClN2O4/c1-12-9-13(20)7-8-15(12)25-11-18(23)22-10-17(19(24)21-2)26-16-6-4-3-5-14(16)22/h3-9,17H,10-11H2,1-2H3,(H,21,24)/t17-/m0/s1. The van der Waals surface area contributed by atoms with Gasteiger partial charge in [0.25, 0.3) is 11.8 Å². The summed E-state index contributed by atoms with van der Waals surface area (Å²) in [6.45, 7) is 1.83. The highest BCUT2D eigenvalue weighted by Gasteiger charge is 2.33. The van der Waals surface area contributed by atoms with Crippen LogP contribution in [0.15, 0.2) is 42.5 Å². The lowest BCUT2D eigenvalue weighted by atomic mass is 10.1. The molecule has 2 aromatic rings. The fourth-order valence-corrected chi connectivity index (χ4v) is 2.99. The fourth-order valence-electron chi connectivity index (χ4n) is 2.76. The van der Waals surface area contributed by atoms with Gasteiger partial charge in [0, 0.05) is 12.1 Å². The number of carbonyl (C=O) groups is 2. The largest absolute Gasteiger partial charge is 0.483 e. The molecule has 1 aliphatic heterocycles. The molecule has 0 bridgehead atoms. The Labute approximate surface area is 156 Å². The summed E-state index contributed by atoms with van der Waals surface area (Å²) in [5, 5.41) is 3.16. The predicted molar refractivity (Wildman–Crippen MR) is 99.0 cm³/mol. The summed E-state index contributed by atoms with van der Waals surface area (Å²) in [5.41, 5.74) is 1.46. The predicted octanol–water partition coefficient (Wildman–Crippen LogP) is 2.57. The maximum Gasteiger partial charge on any atom is 0.265 e. The van der Waals surface area contributed by atoms with Crippen molar-refractivity contribution in [3.63, 3.8) is 0 Å². The van der Waals surface area contributed by atoms with Crippen molar-refractivity contribution >= 4 is 29.1 Å². The molecule has 1 N–H and O–H groups in total. The molecular weight excluding hydrogens is 356 g/mol. The van der Waals surface area contributed by atoms with Crippen molar-refractivity contribution in [3.05, 3.63) is 53.1 Å². The third-order valence-electron chi connectivity index (χ3n) is 4.10. The van der Waals surface area contributed by atoms with E-state index in [0.717, 1.165) is 5.56 Å². The number of aryl methyl sites for hydroxylation is 1. The van der Waals surface area contributed by atoms with Crippen LogP contribution in [0.1, 0.15) is 5.56 Å². The first kappa shape index (κ1) is 18.1. The summed E-state index contributed by atoms with van der Waals surface area (Å²) in [6.07, 6.45) is -0.767. The van der Waals surface area contributed by atoms with Gasteiger partial charge in [0.15, 0.2) is 12.7 Å². The maximum absolute atomic E-state index is 12.8. The molecule has 7 heteroatoms. The Morgan fingerprint density at radius 2 is 2.08 bits per heavy atom. The molecule has 0 saturated heterocycles. The van der Waals surface area contributed by atoms with E-state index in [9.17, 15) is 9.59 Å². The van der Waals surface area contributed by atoms with Crippen molar-refractivity contribution in [3.8, 4) is 11.5 Å². The molecule has 0 saturated carbocycles. The van der Waals surface area contributed by atoms with E-state index in [1.165, 1.54) is 11.9 Å². The monoisotopic (exact) mass is 374 g/mol. The molecule has 26 heavy (non-hydrogen) atoms. The summed E-state index contributed by atoms with van der Waals surface area (Å²) in [7, 11) is 1.53. The summed E-state index contributed by atoms with van der Waals surface area (Å²) in [4.78, 5) is 26.3. The zero-order valence-corrected chi connectivity index (χ0v) is 15.2. The van der Waals surface area contributed by atoms with E-state index in [1.54, 1.807) is 36.4 Å². The van der Waals surface area contributed by atoms with Crippen LogP contribution in [0.5, 0.6) is 11.5 Å². The normalized spacial score (nSPS) is 15.7. The first-order valence-electron chi connectivity index (χ1n) is 8.16.